The number of hydrogen-bond acceptors (Lipinski definition) is 7. The molecule has 162 valence electrons. The second-order valence-corrected chi connectivity index (χ2v) is 7.65. The molecule has 0 radical (unpaired) electrons. The molecule has 0 bridgehead atoms. The van der Waals surface area contributed by atoms with Crippen LogP contribution in [0.2, 0.25) is 0 Å². The van der Waals surface area contributed by atoms with Gasteiger partial charge in [-0.05, 0) is 24.5 Å². The molecule has 0 saturated heterocycles. The zero-order valence-electron chi connectivity index (χ0n) is 17.5. The molecule has 0 fully saturated rings. The van der Waals surface area contributed by atoms with Crippen molar-refractivity contribution in [2.24, 2.45) is 4.99 Å². The second kappa shape index (κ2) is 11.6. The summed E-state index contributed by atoms with van der Waals surface area (Å²) in [4.78, 5) is 14.8. The maximum absolute atomic E-state index is 9.79. The first-order valence-corrected chi connectivity index (χ1v) is 10.8. The molecule has 0 aromatic carbocycles. The molecule has 31 heavy (non-hydrogen) atoms. The monoisotopic (exact) mass is 435 g/mol. The number of nitrogens with one attached hydrogen (secondary N) is 2. The van der Waals surface area contributed by atoms with Crippen molar-refractivity contribution >= 4 is 29.6 Å². The number of hydrogen-bond donors (Lipinski definition) is 2. The van der Waals surface area contributed by atoms with Crippen molar-refractivity contribution in [3.05, 3.63) is 82.8 Å². The lowest BCUT2D eigenvalue weighted by Gasteiger charge is -2.13. The summed E-state index contributed by atoms with van der Waals surface area (Å²) in [6, 6.07) is 4.05. The number of anilines is 1. The number of rotatable bonds is 9. The molecule has 1 aliphatic carbocycles. The van der Waals surface area contributed by atoms with Crippen molar-refractivity contribution in [1.29, 1.82) is 5.26 Å². The summed E-state index contributed by atoms with van der Waals surface area (Å²) in [5, 5.41) is 19.2. The molecule has 1 aromatic rings. The van der Waals surface area contributed by atoms with Gasteiger partial charge in [-0.25, -0.2) is 15.0 Å². The van der Waals surface area contributed by atoms with Crippen LogP contribution >= 0.6 is 11.8 Å². The predicted molar refractivity (Wildman–Crippen MR) is 133 cm³/mol. The van der Waals surface area contributed by atoms with E-state index in [1.165, 1.54) is 23.5 Å². The van der Waals surface area contributed by atoms with Crippen LogP contribution in [-0.2, 0) is 0 Å². The highest BCUT2D eigenvalue weighted by Crippen LogP contribution is 2.34. The Morgan fingerprint density at radius 3 is 3.23 bits per heavy atom. The lowest BCUT2D eigenvalue weighted by Crippen LogP contribution is -2.20. The summed E-state index contributed by atoms with van der Waals surface area (Å²) >= 11 is 1.50. The zero-order valence-corrected chi connectivity index (χ0v) is 18.3. The summed E-state index contributed by atoms with van der Waals surface area (Å²) in [6.45, 7) is 5.11. The van der Waals surface area contributed by atoms with Crippen LogP contribution in [0.1, 0.15) is 21.4 Å². The summed E-state index contributed by atoms with van der Waals surface area (Å²) in [5.41, 5.74) is 3.29. The maximum Gasteiger partial charge on any atom is 0.223 e. The molecule has 2 N–H and O–H groups in total. The van der Waals surface area contributed by atoms with E-state index >= 15 is 0 Å². The molecule has 0 saturated carbocycles. The van der Waals surface area contributed by atoms with E-state index < -0.39 is 0 Å². The molecule has 0 spiro atoms. The highest BCUT2D eigenvalue weighted by molar-refractivity contribution is 8.06. The third-order valence-electron chi connectivity index (χ3n) is 4.47. The van der Waals surface area contributed by atoms with E-state index in [2.05, 4.69) is 50.4 Å². The molecule has 3 rings (SSSR count). The maximum atomic E-state index is 9.79. The lowest BCUT2D eigenvalue weighted by atomic mass is 10.1. The van der Waals surface area contributed by atoms with Gasteiger partial charge in [0.05, 0.1) is 17.1 Å². The number of thioether (sulfide) groups is 1. The van der Waals surface area contributed by atoms with Crippen LogP contribution in [0.3, 0.4) is 0 Å². The van der Waals surface area contributed by atoms with Gasteiger partial charge in [-0.15, -0.1) is 0 Å². The number of nitriles is 1. The van der Waals surface area contributed by atoms with Gasteiger partial charge in [0.15, 0.2) is 0 Å². The lowest BCUT2D eigenvalue weighted by molar-refractivity contribution is 0.509. The normalized spacial score (nSPS) is 16.8. The largest absolute Gasteiger partial charge is 0.366 e. The molecule has 1 aliphatic heterocycles. The Kier molecular flexibility index (Phi) is 8.26. The average molecular weight is 436 g/mol. The van der Waals surface area contributed by atoms with Crippen molar-refractivity contribution in [2.45, 2.75) is 12.8 Å². The Morgan fingerprint density at radius 2 is 2.39 bits per heavy atom. The fourth-order valence-electron chi connectivity index (χ4n) is 2.91. The highest BCUT2D eigenvalue weighted by Gasteiger charge is 2.19. The molecule has 0 atom stereocenters. The highest BCUT2D eigenvalue weighted by atomic mass is 32.2. The minimum atomic E-state index is 0. The molecule has 2 aliphatic rings. The first-order chi connectivity index (χ1) is 15.2. The van der Waals surface area contributed by atoms with Crippen LogP contribution in [0.15, 0.2) is 82.1 Å². The van der Waals surface area contributed by atoms with Gasteiger partial charge < -0.3 is 15.5 Å². The summed E-state index contributed by atoms with van der Waals surface area (Å²) in [6.07, 6.45) is 16.9. The van der Waals surface area contributed by atoms with Crippen LogP contribution in [0.5, 0.6) is 0 Å². The molecule has 8 heteroatoms. The van der Waals surface area contributed by atoms with Gasteiger partial charge in [-0.1, -0.05) is 48.7 Å². The van der Waals surface area contributed by atoms with Crippen LogP contribution in [0.4, 0.5) is 5.95 Å². The van der Waals surface area contributed by atoms with Gasteiger partial charge in [0.1, 0.15) is 11.6 Å². The standard InChI is InChI=1S/C23H25N7S.2H2/c1-3-25-17-30(2)14-8-12-26-23-27-13-11-20(29-23)19(15-24)22-28-21(16-31-22)18-9-6-4-5-7-10-18;;/h3-7,9,11,13,16-17,28H,1,8,10,12,14H2,2H3,(H,26,27,29);2*1H/b22-19-,25-17?;;. The Hall–Kier alpha value is -3.57. The van der Waals surface area contributed by atoms with E-state index in [0.717, 1.165) is 30.1 Å². The van der Waals surface area contributed by atoms with E-state index in [-0.39, 0.29) is 2.85 Å². The van der Waals surface area contributed by atoms with E-state index in [9.17, 15) is 5.26 Å². The molecular weight excluding hydrogens is 406 g/mol. The van der Waals surface area contributed by atoms with Crippen molar-refractivity contribution in [3.63, 3.8) is 0 Å². The molecular formula is C23H29N7S. The van der Waals surface area contributed by atoms with Gasteiger partial charge in [-0.3, -0.25) is 0 Å². The van der Waals surface area contributed by atoms with Gasteiger partial charge in [0.25, 0.3) is 0 Å². The van der Waals surface area contributed by atoms with Gasteiger partial charge in [0, 0.05) is 46.5 Å². The van der Waals surface area contributed by atoms with Crippen LogP contribution in [-0.4, -0.2) is 41.3 Å². The fraction of sp³-hybridized carbons (Fsp3) is 0.217. The molecule has 1 aromatic heterocycles. The Bertz CT molecular complexity index is 1040. The first-order valence-electron chi connectivity index (χ1n) is 9.94. The predicted octanol–water partition coefficient (Wildman–Crippen LogP) is 4.69. The average Bonchev–Trinajstić information content (AvgIpc) is 3.10. The number of aliphatic imine (C=N–C) groups is 1. The van der Waals surface area contributed by atoms with Crippen LogP contribution in [0.25, 0.3) is 5.57 Å². The number of nitrogens with zero attached hydrogens (tertiary/aromatic N) is 5. The summed E-state index contributed by atoms with van der Waals surface area (Å²) in [5.74, 6) is 0.506. The molecule has 2 heterocycles. The topological polar surface area (TPSA) is 89.2 Å². The fourth-order valence-corrected chi connectivity index (χ4v) is 3.79. The van der Waals surface area contributed by atoms with E-state index in [1.54, 1.807) is 18.6 Å². The van der Waals surface area contributed by atoms with E-state index in [1.807, 2.05) is 35.6 Å². The molecule has 0 unspecified atom stereocenters. The van der Waals surface area contributed by atoms with E-state index in [4.69, 9.17) is 0 Å². The van der Waals surface area contributed by atoms with Crippen LogP contribution in [0, 0.1) is 11.3 Å². The quantitative estimate of drug-likeness (QED) is 0.252. The second-order valence-electron chi connectivity index (χ2n) is 6.77. The molecule has 0 amide bonds. The van der Waals surface area contributed by atoms with Gasteiger partial charge in [-0.2, -0.15) is 5.26 Å². The van der Waals surface area contributed by atoms with Crippen molar-refractivity contribution in [3.8, 4) is 6.07 Å². The SMILES string of the molecule is C=CN=CN(C)CCCNc1nccc(/C(C#N)=C2/NC(C3=CC=CC=CC3)=CS2)n1.[HH].[HH]. The third-order valence-corrected chi connectivity index (χ3v) is 5.37. The Labute approximate surface area is 190 Å². The number of allylic oxidation sites excluding steroid dienone is 7. The third kappa shape index (κ3) is 6.46. The Morgan fingerprint density at radius 1 is 1.48 bits per heavy atom. The smallest absolute Gasteiger partial charge is 0.223 e. The minimum absolute atomic E-state index is 0. The van der Waals surface area contributed by atoms with Gasteiger partial charge >= 0.3 is 0 Å². The van der Waals surface area contributed by atoms with Crippen molar-refractivity contribution in [1.82, 2.24) is 20.2 Å². The number of aromatic nitrogens is 2. The summed E-state index contributed by atoms with van der Waals surface area (Å²) in [7, 11) is 1.96. The zero-order chi connectivity index (χ0) is 21.9. The minimum Gasteiger partial charge on any atom is -0.366 e. The van der Waals surface area contributed by atoms with Crippen molar-refractivity contribution in [2.75, 3.05) is 25.5 Å². The molecule has 7 nitrogen and oxygen atoms in total. The Balaban J connectivity index is 0.00000272. The van der Waals surface area contributed by atoms with E-state index in [0.29, 0.717) is 23.8 Å². The van der Waals surface area contributed by atoms with Gasteiger partial charge in [0.2, 0.25) is 5.95 Å². The van der Waals surface area contributed by atoms with Crippen LogP contribution < -0.4 is 10.6 Å². The summed E-state index contributed by atoms with van der Waals surface area (Å²) < 4.78 is 0. The van der Waals surface area contributed by atoms with Crippen molar-refractivity contribution < 1.29 is 2.85 Å². The first kappa shape index (κ1) is 22.1.